The fourth-order valence-electron chi connectivity index (χ4n) is 1.16. The summed E-state index contributed by atoms with van der Waals surface area (Å²) in [5.41, 5.74) is 2.67. The van der Waals surface area contributed by atoms with Crippen LogP contribution < -0.4 is 5.43 Å². The van der Waals surface area contributed by atoms with Gasteiger partial charge in [0.2, 0.25) is 5.91 Å². The van der Waals surface area contributed by atoms with Crippen molar-refractivity contribution in [1.82, 2.24) is 14.9 Å². The van der Waals surface area contributed by atoms with E-state index < -0.39 is 0 Å². The number of aromatic nitrogens is 3. The van der Waals surface area contributed by atoms with Gasteiger partial charge in [-0.25, -0.2) is 4.68 Å². The second-order valence-corrected chi connectivity index (χ2v) is 3.16. The van der Waals surface area contributed by atoms with Crippen molar-refractivity contribution in [3.63, 3.8) is 0 Å². The van der Waals surface area contributed by atoms with Gasteiger partial charge in [-0.15, -0.1) is 10.2 Å². The molecule has 1 aromatic rings. The Morgan fingerprint density at radius 2 is 2.17 bits per heavy atom. The molecule has 0 radical (unpaired) electrons. The summed E-state index contributed by atoms with van der Waals surface area (Å²) in [7, 11) is 0. The van der Waals surface area contributed by atoms with Gasteiger partial charge in [-0.05, 0) is 12.3 Å². The summed E-state index contributed by atoms with van der Waals surface area (Å²) in [4.78, 5) is 11.3. The van der Waals surface area contributed by atoms with Crippen LogP contribution in [0.2, 0.25) is 0 Å². The lowest BCUT2D eigenvalue weighted by Crippen LogP contribution is -2.23. The zero-order valence-electron chi connectivity index (χ0n) is 6.77. The standard InChI is InChI=1S/C7H10N4O/c1-5-2-6(5)7(12)10-11-3-8-9-4-11/h3-6H,2H2,1H3,(H,10,12). The van der Waals surface area contributed by atoms with Gasteiger partial charge in [-0.3, -0.25) is 10.2 Å². The van der Waals surface area contributed by atoms with E-state index in [0.29, 0.717) is 5.92 Å². The molecule has 2 unspecified atom stereocenters. The van der Waals surface area contributed by atoms with E-state index in [9.17, 15) is 4.79 Å². The van der Waals surface area contributed by atoms with E-state index in [1.165, 1.54) is 17.3 Å². The van der Waals surface area contributed by atoms with Crippen LogP contribution in [0.25, 0.3) is 0 Å². The number of amides is 1. The molecule has 0 saturated heterocycles. The van der Waals surface area contributed by atoms with Crippen molar-refractivity contribution >= 4 is 5.91 Å². The first-order valence-corrected chi connectivity index (χ1v) is 3.93. The second kappa shape index (κ2) is 2.58. The highest BCUT2D eigenvalue weighted by Crippen LogP contribution is 2.37. The van der Waals surface area contributed by atoms with Crippen molar-refractivity contribution in [2.45, 2.75) is 13.3 Å². The molecule has 2 atom stereocenters. The van der Waals surface area contributed by atoms with Crippen molar-refractivity contribution in [2.24, 2.45) is 11.8 Å². The Morgan fingerprint density at radius 1 is 1.58 bits per heavy atom. The summed E-state index contributed by atoms with van der Waals surface area (Å²) in [6.45, 7) is 2.07. The van der Waals surface area contributed by atoms with E-state index in [1.807, 2.05) is 0 Å². The van der Waals surface area contributed by atoms with Crippen LogP contribution in [-0.4, -0.2) is 20.8 Å². The highest BCUT2D eigenvalue weighted by atomic mass is 16.2. The number of carbonyl (C=O) groups excluding carboxylic acids is 1. The lowest BCUT2D eigenvalue weighted by Gasteiger charge is -2.01. The van der Waals surface area contributed by atoms with Crippen LogP contribution in [0.5, 0.6) is 0 Å². The molecule has 1 fully saturated rings. The number of hydrogen-bond acceptors (Lipinski definition) is 3. The average Bonchev–Trinajstić information content (AvgIpc) is 2.58. The summed E-state index contributed by atoms with van der Waals surface area (Å²) >= 11 is 0. The Morgan fingerprint density at radius 3 is 2.67 bits per heavy atom. The first kappa shape index (κ1) is 7.27. The monoisotopic (exact) mass is 166 g/mol. The minimum atomic E-state index is 0.0577. The quantitative estimate of drug-likeness (QED) is 0.673. The average molecular weight is 166 g/mol. The number of nitrogens with zero attached hydrogens (tertiary/aromatic N) is 3. The Hall–Kier alpha value is -1.39. The SMILES string of the molecule is CC1CC1C(=O)Nn1cnnc1. The van der Waals surface area contributed by atoms with Crippen molar-refractivity contribution < 1.29 is 4.79 Å². The zero-order valence-corrected chi connectivity index (χ0v) is 6.77. The van der Waals surface area contributed by atoms with Crippen LogP contribution in [0.1, 0.15) is 13.3 Å². The zero-order chi connectivity index (χ0) is 8.55. The maximum absolute atomic E-state index is 11.3. The maximum Gasteiger partial charge on any atom is 0.242 e. The molecule has 1 aliphatic carbocycles. The molecular formula is C7H10N4O. The summed E-state index contributed by atoms with van der Waals surface area (Å²) in [6, 6.07) is 0. The second-order valence-electron chi connectivity index (χ2n) is 3.16. The van der Waals surface area contributed by atoms with E-state index in [4.69, 9.17) is 0 Å². The molecule has 1 N–H and O–H groups in total. The summed E-state index contributed by atoms with van der Waals surface area (Å²) in [5, 5.41) is 7.14. The predicted molar refractivity (Wildman–Crippen MR) is 41.7 cm³/mol. The van der Waals surface area contributed by atoms with E-state index in [2.05, 4.69) is 22.5 Å². The molecule has 2 rings (SSSR count). The van der Waals surface area contributed by atoms with Crippen LogP contribution in [0.15, 0.2) is 12.7 Å². The van der Waals surface area contributed by atoms with E-state index >= 15 is 0 Å². The largest absolute Gasteiger partial charge is 0.273 e. The van der Waals surface area contributed by atoms with Crippen molar-refractivity contribution in [1.29, 1.82) is 0 Å². The highest BCUT2D eigenvalue weighted by Gasteiger charge is 2.39. The topological polar surface area (TPSA) is 59.8 Å². The molecule has 0 spiro atoms. The number of carbonyl (C=O) groups is 1. The molecule has 12 heavy (non-hydrogen) atoms. The fraction of sp³-hybridized carbons (Fsp3) is 0.571. The molecule has 1 aliphatic rings. The van der Waals surface area contributed by atoms with Crippen molar-refractivity contribution in [2.75, 3.05) is 5.43 Å². The minimum Gasteiger partial charge on any atom is -0.273 e. The van der Waals surface area contributed by atoms with Gasteiger partial charge in [-0.2, -0.15) is 0 Å². The summed E-state index contributed by atoms with van der Waals surface area (Å²) < 4.78 is 1.47. The van der Waals surface area contributed by atoms with Crippen LogP contribution in [0.4, 0.5) is 0 Å². The fourth-order valence-corrected chi connectivity index (χ4v) is 1.16. The molecular weight excluding hydrogens is 156 g/mol. The van der Waals surface area contributed by atoms with Gasteiger partial charge < -0.3 is 0 Å². The first-order valence-electron chi connectivity index (χ1n) is 3.93. The molecule has 0 aromatic carbocycles. The number of rotatable bonds is 2. The lowest BCUT2D eigenvalue weighted by molar-refractivity contribution is -0.118. The Bertz CT molecular complexity index is 282. The van der Waals surface area contributed by atoms with Gasteiger partial charge in [0.25, 0.3) is 0 Å². The van der Waals surface area contributed by atoms with Crippen LogP contribution in [0, 0.1) is 11.8 Å². The summed E-state index contributed by atoms with van der Waals surface area (Å²) in [6.07, 6.45) is 3.92. The van der Waals surface area contributed by atoms with Crippen LogP contribution in [0.3, 0.4) is 0 Å². The first-order chi connectivity index (χ1) is 5.77. The van der Waals surface area contributed by atoms with Crippen LogP contribution >= 0.6 is 0 Å². The summed E-state index contributed by atoms with van der Waals surface area (Å²) in [5.74, 6) is 0.774. The smallest absolute Gasteiger partial charge is 0.242 e. The Balaban J connectivity index is 1.92. The molecule has 0 bridgehead atoms. The molecule has 5 nitrogen and oxygen atoms in total. The number of nitrogens with one attached hydrogen (secondary N) is 1. The van der Waals surface area contributed by atoms with Gasteiger partial charge in [0, 0.05) is 5.92 Å². The van der Waals surface area contributed by atoms with Crippen LogP contribution in [-0.2, 0) is 4.79 Å². The maximum atomic E-state index is 11.3. The molecule has 1 heterocycles. The molecule has 1 saturated carbocycles. The van der Waals surface area contributed by atoms with Gasteiger partial charge in [0.05, 0.1) is 0 Å². The van der Waals surface area contributed by atoms with Crippen molar-refractivity contribution in [3.05, 3.63) is 12.7 Å². The third-order valence-electron chi connectivity index (χ3n) is 2.10. The van der Waals surface area contributed by atoms with Gasteiger partial charge in [-0.1, -0.05) is 6.92 Å². The lowest BCUT2D eigenvalue weighted by atomic mass is 10.3. The predicted octanol–water partition coefficient (Wildman–Crippen LogP) is 0.00420. The van der Waals surface area contributed by atoms with Crippen molar-refractivity contribution in [3.8, 4) is 0 Å². The normalized spacial score (nSPS) is 26.8. The molecule has 0 aliphatic heterocycles. The van der Waals surface area contributed by atoms with E-state index in [1.54, 1.807) is 0 Å². The van der Waals surface area contributed by atoms with Gasteiger partial charge >= 0.3 is 0 Å². The third kappa shape index (κ3) is 1.30. The Kier molecular flexibility index (Phi) is 1.56. The highest BCUT2D eigenvalue weighted by molar-refractivity contribution is 5.88. The van der Waals surface area contributed by atoms with E-state index in [0.717, 1.165) is 6.42 Å². The number of hydrogen-bond donors (Lipinski definition) is 1. The van der Waals surface area contributed by atoms with Gasteiger partial charge in [0.15, 0.2) is 0 Å². The minimum absolute atomic E-state index is 0.0577. The van der Waals surface area contributed by atoms with Gasteiger partial charge in [0.1, 0.15) is 12.7 Å². The third-order valence-corrected chi connectivity index (χ3v) is 2.10. The van der Waals surface area contributed by atoms with E-state index in [-0.39, 0.29) is 11.8 Å². The molecule has 5 heteroatoms. The molecule has 64 valence electrons. The Labute approximate surface area is 69.8 Å². The molecule has 1 aromatic heterocycles. The molecule has 1 amide bonds.